The lowest BCUT2D eigenvalue weighted by Gasteiger charge is -2.15. The van der Waals surface area contributed by atoms with E-state index in [0.717, 1.165) is 5.56 Å². The first-order valence-electron chi connectivity index (χ1n) is 10.0. The number of carboxylic acids is 2. The number of ether oxygens (including phenoxy) is 2. The molecule has 1 saturated heterocycles. The predicted octanol–water partition coefficient (Wildman–Crippen LogP) is 1.12. The Morgan fingerprint density at radius 3 is 2.36 bits per heavy atom. The summed E-state index contributed by atoms with van der Waals surface area (Å²) in [4.78, 5) is 39.8. The number of nitrogens with zero attached hydrogens (tertiary/aromatic N) is 2. The lowest BCUT2D eigenvalue weighted by molar-refractivity contribution is -0.137. The third-order valence-electron chi connectivity index (χ3n) is 4.81. The van der Waals surface area contributed by atoms with E-state index < -0.39 is 24.1 Å². The van der Waals surface area contributed by atoms with Gasteiger partial charge in [0, 0.05) is 11.3 Å². The summed E-state index contributed by atoms with van der Waals surface area (Å²) in [7, 11) is 0. The second kappa shape index (κ2) is 10.4. The lowest BCUT2D eigenvalue weighted by Crippen LogP contribution is -2.26. The Morgan fingerprint density at radius 2 is 1.73 bits per heavy atom. The number of anilines is 1. The van der Waals surface area contributed by atoms with Crippen molar-refractivity contribution in [2.45, 2.75) is 25.5 Å². The fourth-order valence-corrected chi connectivity index (χ4v) is 3.33. The van der Waals surface area contributed by atoms with Crippen molar-refractivity contribution in [1.82, 2.24) is 0 Å². The summed E-state index contributed by atoms with van der Waals surface area (Å²) in [6, 6.07) is 11.7. The highest BCUT2D eigenvalue weighted by Gasteiger charge is 2.33. The molecule has 11 nitrogen and oxygen atoms in total. The Morgan fingerprint density at radius 1 is 1.06 bits per heavy atom. The van der Waals surface area contributed by atoms with Crippen LogP contribution in [0.1, 0.15) is 16.7 Å². The molecule has 33 heavy (non-hydrogen) atoms. The monoisotopic (exact) mass is 456 g/mol. The van der Waals surface area contributed by atoms with E-state index in [2.05, 4.69) is 4.99 Å². The van der Waals surface area contributed by atoms with Gasteiger partial charge in [0.1, 0.15) is 12.4 Å². The molecular weight excluding hydrogens is 432 g/mol. The topological polar surface area (TPSA) is 178 Å². The van der Waals surface area contributed by atoms with Gasteiger partial charge in [-0.05, 0) is 29.3 Å². The molecule has 1 atom stereocenters. The molecule has 1 fully saturated rings. The predicted molar refractivity (Wildman–Crippen MR) is 118 cm³/mol. The van der Waals surface area contributed by atoms with Crippen LogP contribution in [0.15, 0.2) is 47.5 Å². The van der Waals surface area contributed by atoms with Crippen molar-refractivity contribution in [3.63, 3.8) is 0 Å². The third kappa shape index (κ3) is 6.60. The summed E-state index contributed by atoms with van der Waals surface area (Å²) in [5.74, 6) is -1.81. The van der Waals surface area contributed by atoms with Crippen molar-refractivity contribution in [3.05, 3.63) is 59.2 Å². The van der Waals surface area contributed by atoms with Crippen LogP contribution in [-0.4, -0.2) is 53.5 Å². The molecule has 11 heteroatoms. The van der Waals surface area contributed by atoms with Crippen LogP contribution in [0.3, 0.4) is 0 Å². The standard InChI is InChI=1S/C22H24N4O7/c23-21(24)25-10-13-1-4-16(5-2-13)26-11-17(33-22(26)31)12-32-18-6-3-14(8-19(27)28)7-15(18)9-20(29)30/h1-7,17H,8-12H2,(H,27,28)(H,29,30)(H4,23,24,25). The number of amides is 1. The van der Waals surface area contributed by atoms with E-state index in [1.807, 2.05) is 0 Å². The second-order valence-corrected chi connectivity index (χ2v) is 7.42. The van der Waals surface area contributed by atoms with E-state index in [-0.39, 0.29) is 32.0 Å². The van der Waals surface area contributed by atoms with Gasteiger partial charge in [-0.15, -0.1) is 0 Å². The number of benzene rings is 2. The second-order valence-electron chi connectivity index (χ2n) is 7.42. The van der Waals surface area contributed by atoms with Crippen LogP contribution in [0.25, 0.3) is 0 Å². The van der Waals surface area contributed by atoms with E-state index in [1.165, 1.54) is 17.0 Å². The molecule has 3 rings (SSSR count). The first-order chi connectivity index (χ1) is 15.7. The zero-order valence-electron chi connectivity index (χ0n) is 17.6. The molecule has 0 saturated carbocycles. The molecule has 2 aromatic rings. The highest BCUT2D eigenvalue weighted by molar-refractivity contribution is 5.89. The van der Waals surface area contributed by atoms with E-state index in [1.54, 1.807) is 30.3 Å². The fraction of sp³-hybridized carbons (Fsp3) is 0.273. The Kier molecular flexibility index (Phi) is 7.34. The van der Waals surface area contributed by atoms with Gasteiger partial charge in [-0.1, -0.05) is 24.3 Å². The zero-order valence-corrected chi connectivity index (χ0v) is 17.6. The SMILES string of the molecule is NC(N)=NCc1ccc(N2CC(COc3ccc(CC(=O)O)cc3CC(=O)O)OC2=O)cc1. The summed E-state index contributed by atoms with van der Waals surface area (Å²) in [5, 5.41) is 18.1. The fourth-order valence-electron chi connectivity index (χ4n) is 3.33. The lowest BCUT2D eigenvalue weighted by atomic mass is 10.0. The molecule has 0 spiro atoms. The summed E-state index contributed by atoms with van der Waals surface area (Å²) in [6.07, 6.45) is -1.66. The minimum atomic E-state index is -1.07. The molecule has 0 bridgehead atoms. The van der Waals surface area contributed by atoms with Crippen molar-refractivity contribution < 1.29 is 34.1 Å². The normalized spacial score (nSPS) is 15.1. The van der Waals surface area contributed by atoms with Gasteiger partial charge in [0.2, 0.25) is 0 Å². The largest absolute Gasteiger partial charge is 0.489 e. The Bertz CT molecular complexity index is 1060. The van der Waals surface area contributed by atoms with Crippen molar-refractivity contribution in [2.75, 3.05) is 18.1 Å². The first kappa shape index (κ1) is 23.4. The van der Waals surface area contributed by atoms with Gasteiger partial charge in [0.15, 0.2) is 12.1 Å². The van der Waals surface area contributed by atoms with Crippen molar-refractivity contribution in [1.29, 1.82) is 0 Å². The molecule has 1 aliphatic heterocycles. The minimum absolute atomic E-state index is 0.00641. The van der Waals surface area contributed by atoms with Crippen molar-refractivity contribution in [3.8, 4) is 5.75 Å². The molecule has 1 aliphatic rings. The molecule has 1 unspecified atom stereocenters. The Balaban J connectivity index is 1.63. The van der Waals surface area contributed by atoms with Crippen LogP contribution in [0.5, 0.6) is 5.75 Å². The minimum Gasteiger partial charge on any atom is -0.489 e. The van der Waals surface area contributed by atoms with E-state index in [0.29, 0.717) is 29.1 Å². The highest BCUT2D eigenvalue weighted by Crippen LogP contribution is 2.25. The van der Waals surface area contributed by atoms with Crippen LogP contribution < -0.4 is 21.1 Å². The molecule has 1 heterocycles. The number of nitrogens with two attached hydrogens (primary N) is 2. The van der Waals surface area contributed by atoms with Crippen molar-refractivity contribution in [2.24, 2.45) is 16.5 Å². The molecule has 6 N–H and O–H groups in total. The van der Waals surface area contributed by atoms with Crippen LogP contribution >= 0.6 is 0 Å². The molecular formula is C22H24N4O7. The first-order valence-corrected chi connectivity index (χ1v) is 10.0. The molecule has 0 radical (unpaired) electrons. The van der Waals surface area contributed by atoms with Gasteiger partial charge in [-0.3, -0.25) is 14.5 Å². The number of aliphatic carboxylic acids is 2. The quantitative estimate of drug-likeness (QED) is 0.301. The summed E-state index contributed by atoms with van der Waals surface area (Å²) >= 11 is 0. The smallest absolute Gasteiger partial charge is 0.414 e. The van der Waals surface area contributed by atoms with Gasteiger partial charge in [0.05, 0.1) is 25.9 Å². The Labute approximate surface area is 189 Å². The van der Waals surface area contributed by atoms with Gasteiger partial charge < -0.3 is 31.2 Å². The number of aliphatic imine (C=N–C) groups is 1. The van der Waals surface area contributed by atoms with Crippen LogP contribution in [-0.2, 0) is 33.7 Å². The maximum absolute atomic E-state index is 12.3. The highest BCUT2D eigenvalue weighted by atomic mass is 16.6. The number of carbonyl (C=O) groups excluding carboxylic acids is 1. The average Bonchev–Trinajstić information content (AvgIpc) is 3.11. The molecule has 2 aromatic carbocycles. The number of hydrogen-bond acceptors (Lipinski definition) is 6. The summed E-state index contributed by atoms with van der Waals surface area (Å²) in [6.45, 7) is 0.584. The number of hydrogen-bond donors (Lipinski definition) is 4. The van der Waals surface area contributed by atoms with Gasteiger partial charge in [0.25, 0.3) is 0 Å². The van der Waals surface area contributed by atoms with Gasteiger partial charge in [-0.2, -0.15) is 0 Å². The maximum Gasteiger partial charge on any atom is 0.414 e. The average molecular weight is 456 g/mol. The zero-order chi connectivity index (χ0) is 24.0. The molecule has 1 amide bonds. The van der Waals surface area contributed by atoms with E-state index >= 15 is 0 Å². The number of rotatable bonds is 10. The number of cyclic esters (lactones) is 1. The number of carboxylic acid groups (broad SMARTS) is 2. The summed E-state index contributed by atoms with van der Waals surface area (Å²) < 4.78 is 11.1. The number of guanidine groups is 1. The third-order valence-corrected chi connectivity index (χ3v) is 4.81. The summed E-state index contributed by atoms with van der Waals surface area (Å²) in [5.41, 5.74) is 13.0. The molecule has 174 valence electrons. The van der Waals surface area contributed by atoms with Gasteiger partial charge >= 0.3 is 18.0 Å². The van der Waals surface area contributed by atoms with E-state index in [4.69, 9.17) is 31.2 Å². The van der Waals surface area contributed by atoms with Crippen LogP contribution in [0, 0.1) is 0 Å². The number of carbonyl (C=O) groups is 3. The van der Waals surface area contributed by atoms with Crippen LogP contribution in [0.2, 0.25) is 0 Å². The molecule has 0 aromatic heterocycles. The Hall–Kier alpha value is -4.28. The maximum atomic E-state index is 12.3. The van der Waals surface area contributed by atoms with Crippen LogP contribution in [0.4, 0.5) is 10.5 Å². The van der Waals surface area contributed by atoms with Crippen molar-refractivity contribution >= 4 is 29.7 Å². The molecule has 0 aliphatic carbocycles. The van der Waals surface area contributed by atoms with E-state index in [9.17, 15) is 14.4 Å². The van der Waals surface area contributed by atoms with Gasteiger partial charge in [-0.25, -0.2) is 9.79 Å².